The fourth-order valence-electron chi connectivity index (χ4n) is 4.92. The molecule has 0 saturated heterocycles. The summed E-state index contributed by atoms with van der Waals surface area (Å²) in [5, 5.41) is 0. The maximum Gasteiger partial charge on any atom is 0.338 e. The molecule has 4 heterocycles. The van der Waals surface area contributed by atoms with Crippen LogP contribution in [0.2, 0.25) is 0 Å². The van der Waals surface area contributed by atoms with Crippen molar-refractivity contribution in [3.8, 4) is 11.4 Å². The molecule has 0 fully saturated rings. The smallest absolute Gasteiger partial charge is 0.338 e. The summed E-state index contributed by atoms with van der Waals surface area (Å²) in [6, 6.07) is 9.60. The van der Waals surface area contributed by atoms with Gasteiger partial charge in [-0.2, -0.15) is 0 Å². The van der Waals surface area contributed by atoms with Crippen LogP contribution in [-0.2, 0) is 42.1 Å². The number of aromatic nitrogens is 2. The van der Waals surface area contributed by atoms with Crippen LogP contribution < -0.4 is 0 Å². The first-order valence-electron chi connectivity index (χ1n) is 11.2. The van der Waals surface area contributed by atoms with Crippen molar-refractivity contribution >= 4 is 11.9 Å². The maximum atomic E-state index is 11.8. The molecule has 3 aromatic rings. The molecule has 0 amide bonds. The molecular formula is C26H23N3O4. The van der Waals surface area contributed by atoms with E-state index in [9.17, 15) is 9.59 Å². The van der Waals surface area contributed by atoms with Crippen molar-refractivity contribution in [1.29, 1.82) is 0 Å². The van der Waals surface area contributed by atoms with Crippen molar-refractivity contribution in [1.82, 2.24) is 14.9 Å². The van der Waals surface area contributed by atoms with Crippen LogP contribution in [0.3, 0.4) is 0 Å². The largest absolute Gasteiger partial charge is 0.457 e. The normalized spacial score (nSPS) is 16.8. The Balaban J connectivity index is 1.15. The number of esters is 2. The van der Waals surface area contributed by atoms with Crippen LogP contribution in [0.5, 0.6) is 0 Å². The van der Waals surface area contributed by atoms with Crippen molar-refractivity contribution in [2.75, 3.05) is 13.1 Å². The van der Waals surface area contributed by atoms with Gasteiger partial charge in [0.1, 0.15) is 13.2 Å². The second-order valence-corrected chi connectivity index (χ2v) is 8.84. The average molecular weight is 441 g/mol. The van der Waals surface area contributed by atoms with Gasteiger partial charge < -0.3 is 9.47 Å². The SMILES string of the molecule is Cc1c(CCN2CCc3nc(-c4ccc5c(c4)COC5=O)ncc3C2)ccc2c1COC2=O. The Labute approximate surface area is 191 Å². The van der Waals surface area contributed by atoms with Gasteiger partial charge in [-0.05, 0) is 42.7 Å². The molecule has 0 saturated carbocycles. The Bertz CT molecular complexity index is 1320. The first kappa shape index (κ1) is 20.1. The van der Waals surface area contributed by atoms with Crippen LogP contribution >= 0.6 is 0 Å². The lowest BCUT2D eigenvalue weighted by Crippen LogP contribution is -2.33. The molecule has 3 aliphatic heterocycles. The third-order valence-corrected chi connectivity index (χ3v) is 6.93. The standard InChI is InChI=1S/C26H23N3O4/c1-15-16(2-5-21-22(15)14-33-26(21)31)6-8-29-9-7-23-19(12-29)11-27-24(28-23)17-3-4-20-18(10-17)13-32-25(20)30/h2-5,10-11H,6-9,12-14H2,1H3. The lowest BCUT2D eigenvalue weighted by Gasteiger charge is -2.28. The molecular weight excluding hydrogens is 418 g/mol. The Morgan fingerprint density at radius 2 is 1.82 bits per heavy atom. The molecule has 0 aliphatic carbocycles. The predicted molar refractivity (Wildman–Crippen MR) is 120 cm³/mol. The number of hydrogen-bond acceptors (Lipinski definition) is 7. The lowest BCUT2D eigenvalue weighted by molar-refractivity contribution is 0.0526. The molecule has 6 rings (SSSR count). The minimum Gasteiger partial charge on any atom is -0.457 e. The van der Waals surface area contributed by atoms with Gasteiger partial charge in [0.25, 0.3) is 0 Å². The lowest BCUT2D eigenvalue weighted by atomic mass is 9.96. The Morgan fingerprint density at radius 3 is 2.73 bits per heavy atom. The minimum absolute atomic E-state index is 0.214. The van der Waals surface area contributed by atoms with Crippen molar-refractivity contribution in [2.45, 2.75) is 39.5 Å². The van der Waals surface area contributed by atoms with Crippen LogP contribution in [0.25, 0.3) is 11.4 Å². The summed E-state index contributed by atoms with van der Waals surface area (Å²) in [7, 11) is 0. The van der Waals surface area contributed by atoms with Gasteiger partial charge in [-0.25, -0.2) is 19.6 Å². The van der Waals surface area contributed by atoms with Crippen molar-refractivity contribution in [3.63, 3.8) is 0 Å². The molecule has 33 heavy (non-hydrogen) atoms. The molecule has 0 N–H and O–H groups in total. The Morgan fingerprint density at radius 1 is 1.00 bits per heavy atom. The number of rotatable bonds is 4. The monoisotopic (exact) mass is 441 g/mol. The molecule has 0 atom stereocenters. The van der Waals surface area contributed by atoms with E-state index >= 15 is 0 Å². The van der Waals surface area contributed by atoms with Gasteiger partial charge in [0.05, 0.1) is 16.8 Å². The highest BCUT2D eigenvalue weighted by Gasteiger charge is 2.25. The maximum absolute atomic E-state index is 11.8. The Hall–Kier alpha value is -3.58. The van der Waals surface area contributed by atoms with Gasteiger partial charge in [0.15, 0.2) is 5.82 Å². The van der Waals surface area contributed by atoms with Gasteiger partial charge >= 0.3 is 11.9 Å². The van der Waals surface area contributed by atoms with E-state index in [4.69, 9.17) is 14.5 Å². The van der Waals surface area contributed by atoms with Crippen LogP contribution in [-0.4, -0.2) is 39.9 Å². The van der Waals surface area contributed by atoms with E-state index in [1.54, 1.807) is 6.07 Å². The van der Waals surface area contributed by atoms with Crippen molar-refractivity contribution < 1.29 is 19.1 Å². The average Bonchev–Trinajstić information content (AvgIpc) is 3.41. The quantitative estimate of drug-likeness (QED) is 0.574. The second kappa shape index (κ2) is 7.78. The number of ether oxygens (including phenoxy) is 2. The highest BCUT2D eigenvalue weighted by atomic mass is 16.5. The van der Waals surface area contributed by atoms with Crippen LogP contribution in [0.1, 0.15) is 54.2 Å². The van der Waals surface area contributed by atoms with Gasteiger partial charge in [0.2, 0.25) is 0 Å². The third-order valence-electron chi connectivity index (χ3n) is 6.93. The number of carbonyl (C=O) groups is 2. The molecule has 7 heteroatoms. The Kier molecular flexibility index (Phi) is 4.73. The number of fused-ring (bicyclic) bond motifs is 3. The van der Waals surface area contributed by atoms with E-state index in [-0.39, 0.29) is 11.9 Å². The zero-order valence-corrected chi connectivity index (χ0v) is 18.4. The topological polar surface area (TPSA) is 81.6 Å². The first-order chi connectivity index (χ1) is 16.1. The fraction of sp³-hybridized carbons (Fsp3) is 0.308. The molecule has 2 aromatic carbocycles. The molecule has 0 bridgehead atoms. The van der Waals surface area contributed by atoms with E-state index in [1.807, 2.05) is 24.4 Å². The number of carbonyl (C=O) groups excluding carboxylic acids is 2. The van der Waals surface area contributed by atoms with Crippen LogP contribution in [0.15, 0.2) is 36.5 Å². The minimum atomic E-state index is -0.264. The molecule has 0 unspecified atom stereocenters. The molecule has 0 radical (unpaired) electrons. The zero-order valence-electron chi connectivity index (χ0n) is 18.4. The van der Waals surface area contributed by atoms with Crippen LogP contribution in [0.4, 0.5) is 0 Å². The summed E-state index contributed by atoms with van der Waals surface area (Å²) in [6.45, 7) is 5.49. The zero-order chi connectivity index (χ0) is 22.5. The van der Waals surface area contributed by atoms with Crippen molar-refractivity contribution in [2.24, 2.45) is 0 Å². The van der Waals surface area contributed by atoms with E-state index in [0.29, 0.717) is 30.2 Å². The fourth-order valence-corrected chi connectivity index (χ4v) is 4.92. The van der Waals surface area contributed by atoms with Gasteiger partial charge in [-0.3, -0.25) is 4.90 Å². The van der Waals surface area contributed by atoms with Gasteiger partial charge in [0, 0.05) is 54.5 Å². The molecule has 1 aromatic heterocycles. The first-order valence-corrected chi connectivity index (χ1v) is 11.2. The van der Waals surface area contributed by atoms with E-state index in [2.05, 4.69) is 22.9 Å². The summed E-state index contributed by atoms with van der Waals surface area (Å²) < 4.78 is 10.3. The van der Waals surface area contributed by atoms with E-state index in [0.717, 1.165) is 60.4 Å². The molecule has 0 spiro atoms. The number of cyclic esters (lactones) is 2. The molecule has 3 aliphatic rings. The summed E-state index contributed by atoms with van der Waals surface area (Å²) >= 11 is 0. The predicted octanol–water partition coefficient (Wildman–Crippen LogP) is 3.39. The summed E-state index contributed by atoms with van der Waals surface area (Å²) in [5.41, 5.74) is 8.86. The number of nitrogens with zero attached hydrogens (tertiary/aromatic N) is 3. The number of hydrogen-bond donors (Lipinski definition) is 0. The summed E-state index contributed by atoms with van der Waals surface area (Å²) in [6.07, 6.45) is 3.74. The van der Waals surface area contributed by atoms with Crippen molar-refractivity contribution in [3.05, 3.63) is 81.2 Å². The summed E-state index contributed by atoms with van der Waals surface area (Å²) in [4.78, 5) is 35.3. The van der Waals surface area contributed by atoms with Gasteiger partial charge in [-0.1, -0.05) is 12.1 Å². The second-order valence-electron chi connectivity index (χ2n) is 8.84. The number of benzene rings is 2. The summed E-state index contributed by atoms with van der Waals surface area (Å²) in [5.74, 6) is 0.211. The molecule has 7 nitrogen and oxygen atoms in total. The highest BCUT2D eigenvalue weighted by molar-refractivity contribution is 5.94. The van der Waals surface area contributed by atoms with Crippen LogP contribution in [0, 0.1) is 6.92 Å². The van der Waals surface area contributed by atoms with Gasteiger partial charge in [-0.15, -0.1) is 0 Å². The van der Waals surface area contributed by atoms with E-state index in [1.165, 1.54) is 11.1 Å². The molecule has 166 valence electrons. The highest BCUT2D eigenvalue weighted by Crippen LogP contribution is 2.28. The third kappa shape index (κ3) is 3.49. The van der Waals surface area contributed by atoms with E-state index < -0.39 is 0 Å².